The first-order valence-electron chi connectivity index (χ1n) is 3.65. The summed E-state index contributed by atoms with van der Waals surface area (Å²) >= 11 is 0. The first-order valence-corrected chi connectivity index (χ1v) is 3.65. The summed E-state index contributed by atoms with van der Waals surface area (Å²) in [6, 6.07) is 0.282. The highest BCUT2D eigenvalue weighted by Gasteiger charge is 2.12. The average molecular weight is 146 g/mol. The van der Waals surface area contributed by atoms with Crippen molar-refractivity contribution in [1.82, 2.24) is 5.32 Å². The Morgan fingerprint density at radius 3 is 3.09 bits per heavy atom. The summed E-state index contributed by atoms with van der Waals surface area (Å²) in [6.45, 7) is 0. The zero-order chi connectivity index (χ0) is 7.68. The summed E-state index contributed by atoms with van der Waals surface area (Å²) < 4.78 is 0. The van der Waals surface area contributed by atoms with E-state index in [1.54, 1.807) is 0 Å². The van der Waals surface area contributed by atoms with Gasteiger partial charge >= 0.3 is 0 Å². The Morgan fingerprint density at radius 1 is 1.27 bits per heavy atom. The van der Waals surface area contributed by atoms with Crippen molar-refractivity contribution < 1.29 is 0 Å². The number of nitrogens with two attached hydrogens (primary N) is 1. The van der Waals surface area contributed by atoms with Crippen molar-refractivity contribution in [3.8, 4) is 0 Å². The molecule has 2 heteroatoms. The van der Waals surface area contributed by atoms with Crippen molar-refractivity contribution in [2.45, 2.75) is 6.04 Å². The summed E-state index contributed by atoms with van der Waals surface area (Å²) in [4.78, 5) is 0. The maximum Gasteiger partial charge on any atom is 0.0967 e. The molecule has 56 valence electrons. The van der Waals surface area contributed by atoms with E-state index in [-0.39, 0.29) is 6.04 Å². The Kier molecular flexibility index (Phi) is 1.32. The van der Waals surface area contributed by atoms with Gasteiger partial charge in [0.1, 0.15) is 0 Å². The Bertz CT molecular complexity index is 282. The van der Waals surface area contributed by atoms with Crippen molar-refractivity contribution in [1.29, 1.82) is 0 Å². The average Bonchev–Trinajstić information content (AvgIpc) is 2.04. The highest BCUT2D eigenvalue weighted by atomic mass is 15.0. The minimum absolute atomic E-state index is 0.282. The standard InChI is InChI=1S/C9H10N2/c10-9-6-5-7-3-1-2-4-8(7)11-9/h1-6,8,11H,10H2. The van der Waals surface area contributed by atoms with Gasteiger partial charge in [-0.05, 0) is 11.6 Å². The molecule has 0 radical (unpaired) electrons. The summed E-state index contributed by atoms with van der Waals surface area (Å²) in [6.07, 6.45) is 12.1. The Hall–Kier alpha value is -1.44. The Labute approximate surface area is 65.8 Å². The summed E-state index contributed by atoms with van der Waals surface area (Å²) in [5, 5.41) is 3.15. The lowest BCUT2D eigenvalue weighted by atomic mass is 10.00. The molecule has 2 rings (SSSR count). The van der Waals surface area contributed by atoms with Crippen molar-refractivity contribution in [3.05, 3.63) is 47.9 Å². The van der Waals surface area contributed by atoms with Gasteiger partial charge in [-0.25, -0.2) is 0 Å². The van der Waals surface area contributed by atoms with E-state index in [4.69, 9.17) is 5.73 Å². The number of fused-ring (bicyclic) bond motifs is 1. The van der Waals surface area contributed by atoms with Crippen LogP contribution in [0.1, 0.15) is 0 Å². The first-order chi connectivity index (χ1) is 5.36. The third kappa shape index (κ3) is 1.07. The van der Waals surface area contributed by atoms with Gasteiger partial charge < -0.3 is 11.1 Å². The number of hydrogen-bond donors (Lipinski definition) is 2. The molecule has 3 N–H and O–H groups in total. The van der Waals surface area contributed by atoms with Crippen LogP contribution in [0.25, 0.3) is 0 Å². The molecule has 0 bridgehead atoms. The molecule has 0 aromatic carbocycles. The SMILES string of the molecule is NC1=CC=C2C=CC=CC2N1. The third-order valence-corrected chi connectivity index (χ3v) is 1.84. The van der Waals surface area contributed by atoms with Gasteiger partial charge in [-0.3, -0.25) is 0 Å². The second kappa shape index (κ2) is 2.31. The number of nitrogens with one attached hydrogen (secondary N) is 1. The van der Waals surface area contributed by atoms with Crippen LogP contribution in [0.15, 0.2) is 47.9 Å². The molecule has 1 aliphatic heterocycles. The zero-order valence-corrected chi connectivity index (χ0v) is 6.12. The highest BCUT2D eigenvalue weighted by molar-refractivity contribution is 5.42. The molecule has 2 aliphatic rings. The fraction of sp³-hybridized carbons (Fsp3) is 0.111. The van der Waals surface area contributed by atoms with Crippen LogP contribution in [-0.2, 0) is 0 Å². The molecule has 0 aromatic rings. The lowest BCUT2D eigenvalue weighted by Crippen LogP contribution is -2.34. The highest BCUT2D eigenvalue weighted by Crippen LogP contribution is 2.15. The molecule has 0 amide bonds. The van der Waals surface area contributed by atoms with Crippen molar-refractivity contribution in [2.75, 3.05) is 0 Å². The molecule has 0 spiro atoms. The molecule has 1 heterocycles. The topological polar surface area (TPSA) is 38.0 Å². The lowest BCUT2D eigenvalue weighted by molar-refractivity contribution is 0.738. The van der Waals surface area contributed by atoms with Crippen LogP contribution in [0.3, 0.4) is 0 Å². The van der Waals surface area contributed by atoms with Gasteiger partial charge in [0, 0.05) is 0 Å². The fourth-order valence-electron chi connectivity index (χ4n) is 1.26. The molecule has 0 fully saturated rings. The molecule has 0 saturated heterocycles. The van der Waals surface area contributed by atoms with Gasteiger partial charge in [0.25, 0.3) is 0 Å². The van der Waals surface area contributed by atoms with E-state index < -0.39 is 0 Å². The van der Waals surface area contributed by atoms with Gasteiger partial charge in [-0.15, -0.1) is 0 Å². The monoisotopic (exact) mass is 146 g/mol. The predicted molar refractivity (Wildman–Crippen MR) is 45.6 cm³/mol. The maximum absolute atomic E-state index is 5.59. The second-order valence-corrected chi connectivity index (χ2v) is 2.65. The van der Waals surface area contributed by atoms with Gasteiger partial charge in [-0.1, -0.05) is 30.4 Å². The number of rotatable bonds is 0. The van der Waals surface area contributed by atoms with E-state index in [9.17, 15) is 0 Å². The minimum Gasteiger partial charge on any atom is -0.386 e. The second-order valence-electron chi connectivity index (χ2n) is 2.65. The molecular formula is C9H10N2. The van der Waals surface area contributed by atoms with Crippen LogP contribution in [0.2, 0.25) is 0 Å². The molecule has 1 aliphatic carbocycles. The Morgan fingerprint density at radius 2 is 2.18 bits per heavy atom. The smallest absolute Gasteiger partial charge is 0.0967 e. The van der Waals surface area contributed by atoms with E-state index in [1.807, 2.05) is 24.3 Å². The Balaban J connectivity index is 2.33. The van der Waals surface area contributed by atoms with E-state index in [1.165, 1.54) is 5.57 Å². The fourth-order valence-corrected chi connectivity index (χ4v) is 1.26. The summed E-state index contributed by atoms with van der Waals surface area (Å²) in [5.41, 5.74) is 6.85. The van der Waals surface area contributed by atoms with Crippen LogP contribution in [-0.4, -0.2) is 6.04 Å². The van der Waals surface area contributed by atoms with Gasteiger partial charge in [0.2, 0.25) is 0 Å². The van der Waals surface area contributed by atoms with Gasteiger partial charge in [0.15, 0.2) is 0 Å². The van der Waals surface area contributed by atoms with E-state index in [0.29, 0.717) is 0 Å². The molecule has 2 nitrogen and oxygen atoms in total. The molecule has 1 unspecified atom stereocenters. The van der Waals surface area contributed by atoms with Crippen LogP contribution >= 0.6 is 0 Å². The third-order valence-electron chi connectivity index (χ3n) is 1.84. The normalized spacial score (nSPS) is 26.7. The number of allylic oxidation sites excluding steroid dienone is 4. The first kappa shape index (κ1) is 6.28. The quantitative estimate of drug-likeness (QED) is 0.530. The van der Waals surface area contributed by atoms with Gasteiger partial charge in [0.05, 0.1) is 11.9 Å². The number of hydrogen-bond acceptors (Lipinski definition) is 2. The van der Waals surface area contributed by atoms with E-state index in [0.717, 1.165) is 5.82 Å². The molecule has 11 heavy (non-hydrogen) atoms. The summed E-state index contributed by atoms with van der Waals surface area (Å²) in [7, 11) is 0. The van der Waals surface area contributed by atoms with Gasteiger partial charge in [-0.2, -0.15) is 0 Å². The lowest BCUT2D eigenvalue weighted by Gasteiger charge is -2.22. The van der Waals surface area contributed by atoms with Crippen molar-refractivity contribution >= 4 is 0 Å². The largest absolute Gasteiger partial charge is 0.386 e. The van der Waals surface area contributed by atoms with Crippen LogP contribution < -0.4 is 11.1 Å². The van der Waals surface area contributed by atoms with Crippen LogP contribution in [0, 0.1) is 0 Å². The van der Waals surface area contributed by atoms with E-state index in [2.05, 4.69) is 17.5 Å². The van der Waals surface area contributed by atoms with E-state index >= 15 is 0 Å². The minimum atomic E-state index is 0.282. The number of dihydropyridines is 1. The molecule has 0 aromatic heterocycles. The van der Waals surface area contributed by atoms with Crippen molar-refractivity contribution in [3.63, 3.8) is 0 Å². The zero-order valence-electron chi connectivity index (χ0n) is 6.12. The van der Waals surface area contributed by atoms with Crippen LogP contribution in [0.5, 0.6) is 0 Å². The predicted octanol–water partition coefficient (Wildman–Crippen LogP) is 0.811. The van der Waals surface area contributed by atoms with Crippen molar-refractivity contribution in [2.24, 2.45) is 5.73 Å². The van der Waals surface area contributed by atoms with Crippen LogP contribution in [0.4, 0.5) is 0 Å². The molecule has 1 atom stereocenters. The summed E-state index contributed by atoms with van der Waals surface area (Å²) in [5.74, 6) is 0.735. The maximum atomic E-state index is 5.59. The molecular weight excluding hydrogens is 136 g/mol. The molecule has 0 saturated carbocycles.